The fourth-order valence-corrected chi connectivity index (χ4v) is 2.55. The van der Waals surface area contributed by atoms with Crippen molar-refractivity contribution in [2.45, 2.75) is 25.7 Å². The number of amides is 1. The molecule has 0 atom stereocenters. The quantitative estimate of drug-likeness (QED) is 0.710. The molecule has 1 aliphatic heterocycles. The zero-order chi connectivity index (χ0) is 11.1. The number of fused-ring (bicyclic) bond motifs is 2. The van der Waals surface area contributed by atoms with Gasteiger partial charge in [-0.3, -0.25) is 4.79 Å². The summed E-state index contributed by atoms with van der Waals surface area (Å²) in [6, 6.07) is 5.19. The normalized spacial score (nSPS) is 18.9. The summed E-state index contributed by atoms with van der Waals surface area (Å²) in [5.41, 5.74) is 3.91. The standard InChI is InChI=1S/C13H12FNO/c14-11-3-1-2-8-9(11)4-6-12-10(8)5-7-13(16)15-12/h1-3H,4-7H2,(H,15,16). The molecule has 0 fully saturated rings. The molecule has 1 aliphatic carbocycles. The van der Waals surface area contributed by atoms with Gasteiger partial charge < -0.3 is 5.32 Å². The van der Waals surface area contributed by atoms with Gasteiger partial charge in [-0.2, -0.15) is 0 Å². The fourth-order valence-electron chi connectivity index (χ4n) is 2.55. The van der Waals surface area contributed by atoms with Crippen LogP contribution in [-0.2, 0) is 11.2 Å². The maximum atomic E-state index is 13.6. The SMILES string of the molecule is O=C1CCC2=C(CCc3c(F)cccc32)N1. The fraction of sp³-hybridized carbons (Fsp3) is 0.308. The van der Waals surface area contributed by atoms with E-state index in [9.17, 15) is 9.18 Å². The predicted octanol–water partition coefficient (Wildman–Crippen LogP) is 2.39. The summed E-state index contributed by atoms with van der Waals surface area (Å²) >= 11 is 0. The summed E-state index contributed by atoms with van der Waals surface area (Å²) in [5, 5.41) is 2.90. The summed E-state index contributed by atoms with van der Waals surface area (Å²) in [5.74, 6) is -0.0421. The molecule has 1 aromatic rings. The van der Waals surface area contributed by atoms with E-state index in [1.54, 1.807) is 6.07 Å². The molecule has 82 valence electrons. The zero-order valence-electron chi connectivity index (χ0n) is 8.85. The van der Waals surface area contributed by atoms with Crippen molar-refractivity contribution in [3.8, 4) is 0 Å². The summed E-state index contributed by atoms with van der Waals surface area (Å²) < 4.78 is 13.6. The van der Waals surface area contributed by atoms with Gasteiger partial charge >= 0.3 is 0 Å². The van der Waals surface area contributed by atoms with E-state index in [1.165, 1.54) is 6.07 Å². The Labute approximate surface area is 93.2 Å². The molecule has 0 radical (unpaired) electrons. The molecular formula is C13H12FNO. The third kappa shape index (κ3) is 1.35. The van der Waals surface area contributed by atoms with Gasteiger partial charge in [0, 0.05) is 12.1 Å². The summed E-state index contributed by atoms with van der Waals surface area (Å²) in [4.78, 5) is 11.3. The number of rotatable bonds is 0. The van der Waals surface area contributed by atoms with Crippen molar-refractivity contribution >= 4 is 11.5 Å². The van der Waals surface area contributed by atoms with Crippen LogP contribution in [0.15, 0.2) is 23.9 Å². The molecule has 1 amide bonds. The molecule has 2 nitrogen and oxygen atoms in total. The van der Waals surface area contributed by atoms with Gasteiger partial charge in [-0.05, 0) is 42.0 Å². The second kappa shape index (κ2) is 3.44. The lowest BCUT2D eigenvalue weighted by atomic mass is 9.84. The molecule has 0 aromatic heterocycles. The first-order valence-electron chi connectivity index (χ1n) is 5.55. The van der Waals surface area contributed by atoms with Crippen LogP contribution in [0.5, 0.6) is 0 Å². The molecular weight excluding hydrogens is 205 g/mol. The first-order valence-corrected chi connectivity index (χ1v) is 5.55. The highest BCUT2D eigenvalue weighted by Crippen LogP contribution is 2.36. The van der Waals surface area contributed by atoms with Crippen LogP contribution in [0, 0.1) is 5.82 Å². The van der Waals surface area contributed by atoms with Crippen LogP contribution in [0.1, 0.15) is 30.4 Å². The summed E-state index contributed by atoms with van der Waals surface area (Å²) in [7, 11) is 0. The van der Waals surface area contributed by atoms with E-state index < -0.39 is 0 Å². The van der Waals surface area contributed by atoms with Crippen molar-refractivity contribution in [2.75, 3.05) is 0 Å². The van der Waals surface area contributed by atoms with Crippen LogP contribution in [0.4, 0.5) is 4.39 Å². The Morgan fingerprint density at radius 2 is 2.00 bits per heavy atom. The van der Waals surface area contributed by atoms with E-state index in [0.717, 1.165) is 35.2 Å². The predicted molar refractivity (Wildman–Crippen MR) is 59.0 cm³/mol. The van der Waals surface area contributed by atoms with Gasteiger partial charge in [0.05, 0.1) is 0 Å². The number of allylic oxidation sites excluding steroid dienone is 2. The van der Waals surface area contributed by atoms with Crippen LogP contribution in [0.25, 0.3) is 5.57 Å². The first kappa shape index (κ1) is 9.58. The molecule has 1 heterocycles. The minimum Gasteiger partial charge on any atom is -0.329 e. The molecule has 0 saturated carbocycles. The minimum atomic E-state index is -0.124. The van der Waals surface area contributed by atoms with E-state index in [-0.39, 0.29) is 11.7 Å². The summed E-state index contributed by atoms with van der Waals surface area (Å²) in [6.45, 7) is 0. The number of halogens is 1. The topological polar surface area (TPSA) is 29.1 Å². The Morgan fingerprint density at radius 3 is 2.88 bits per heavy atom. The second-order valence-corrected chi connectivity index (χ2v) is 4.27. The van der Waals surface area contributed by atoms with E-state index in [4.69, 9.17) is 0 Å². The van der Waals surface area contributed by atoms with Gasteiger partial charge in [-0.25, -0.2) is 4.39 Å². The van der Waals surface area contributed by atoms with Crippen LogP contribution in [0.2, 0.25) is 0 Å². The monoisotopic (exact) mass is 217 g/mol. The van der Waals surface area contributed by atoms with E-state index in [2.05, 4.69) is 5.32 Å². The number of carbonyl (C=O) groups is 1. The van der Waals surface area contributed by atoms with Gasteiger partial charge in [-0.1, -0.05) is 12.1 Å². The Kier molecular flexibility index (Phi) is 2.06. The summed E-state index contributed by atoms with van der Waals surface area (Å²) in [6.07, 6.45) is 2.67. The molecule has 0 bridgehead atoms. The van der Waals surface area contributed by atoms with Crippen molar-refractivity contribution in [3.05, 3.63) is 40.8 Å². The number of nitrogens with one attached hydrogen (secondary N) is 1. The van der Waals surface area contributed by atoms with Crippen LogP contribution >= 0.6 is 0 Å². The number of benzene rings is 1. The average Bonchev–Trinajstić information content (AvgIpc) is 2.28. The Bertz CT molecular complexity index is 505. The Morgan fingerprint density at radius 1 is 1.12 bits per heavy atom. The Hall–Kier alpha value is -1.64. The largest absolute Gasteiger partial charge is 0.329 e. The van der Waals surface area contributed by atoms with Crippen LogP contribution < -0.4 is 5.32 Å². The number of hydrogen-bond donors (Lipinski definition) is 1. The molecule has 3 rings (SSSR count). The third-order valence-corrected chi connectivity index (χ3v) is 3.33. The lowest BCUT2D eigenvalue weighted by molar-refractivity contribution is -0.120. The average molecular weight is 217 g/mol. The highest BCUT2D eigenvalue weighted by Gasteiger charge is 2.25. The zero-order valence-corrected chi connectivity index (χ0v) is 8.85. The van der Waals surface area contributed by atoms with Crippen molar-refractivity contribution in [2.24, 2.45) is 0 Å². The number of carbonyl (C=O) groups excluding carboxylic acids is 1. The van der Waals surface area contributed by atoms with Crippen molar-refractivity contribution < 1.29 is 9.18 Å². The molecule has 2 aliphatic rings. The Balaban J connectivity index is 2.14. The van der Waals surface area contributed by atoms with Crippen LogP contribution in [0.3, 0.4) is 0 Å². The van der Waals surface area contributed by atoms with E-state index in [1.807, 2.05) is 6.07 Å². The van der Waals surface area contributed by atoms with E-state index in [0.29, 0.717) is 12.8 Å². The molecule has 1 N–H and O–H groups in total. The van der Waals surface area contributed by atoms with Crippen molar-refractivity contribution in [1.29, 1.82) is 0 Å². The van der Waals surface area contributed by atoms with Gasteiger partial charge in [0.1, 0.15) is 5.82 Å². The van der Waals surface area contributed by atoms with Gasteiger partial charge in [0.2, 0.25) is 5.91 Å². The molecule has 3 heteroatoms. The van der Waals surface area contributed by atoms with Crippen LogP contribution in [-0.4, -0.2) is 5.91 Å². The van der Waals surface area contributed by atoms with Gasteiger partial charge in [0.15, 0.2) is 0 Å². The second-order valence-electron chi connectivity index (χ2n) is 4.27. The molecule has 0 unspecified atom stereocenters. The third-order valence-electron chi connectivity index (χ3n) is 3.33. The highest BCUT2D eigenvalue weighted by atomic mass is 19.1. The van der Waals surface area contributed by atoms with Gasteiger partial charge in [0.25, 0.3) is 0 Å². The molecule has 0 spiro atoms. The van der Waals surface area contributed by atoms with E-state index >= 15 is 0 Å². The highest BCUT2D eigenvalue weighted by molar-refractivity contribution is 5.87. The lowest BCUT2D eigenvalue weighted by Gasteiger charge is -2.27. The maximum absolute atomic E-state index is 13.6. The van der Waals surface area contributed by atoms with Gasteiger partial charge in [-0.15, -0.1) is 0 Å². The van der Waals surface area contributed by atoms with Crippen molar-refractivity contribution in [3.63, 3.8) is 0 Å². The lowest BCUT2D eigenvalue weighted by Crippen LogP contribution is -2.30. The molecule has 1 aromatic carbocycles. The molecule has 16 heavy (non-hydrogen) atoms. The smallest absolute Gasteiger partial charge is 0.224 e. The first-order chi connectivity index (χ1) is 7.75. The number of hydrogen-bond acceptors (Lipinski definition) is 1. The maximum Gasteiger partial charge on any atom is 0.224 e. The van der Waals surface area contributed by atoms with Crippen molar-refractivity contribution in [1.82, 2.24) is 5.32 Å². The minimum absolute atomic E-state index is 0.0820. The molecule has 0 saturated heterocycles.